The number of nitrogens with zero attached hydrogens (tertiary/aromatic N) is 2. The summed E-state index contributed by atoms with van der Waals surface area (Å²) in [5, 5.41) is 2.51. The second kappa shape index (κ2) is 8.61. The highest BCUT2D eigenvalue weighted by atomic mass is 35.5. The number of halogens is 1. The van der Waals surface area contributed by atoms with Crippen molar-refractivity contribution in [3.05, 3.63) is 88.5 Å². The molecule has 0 saturated carbocycles. The largest absolute Gasteiger partial charge is 0.323 e. The zero-order valence-corrected chi connectivity index (χ0v) is 17.2. The Bertz CT molecular complexity index is 1160. The minimum atomic E-state index is -0.501. The first-order valence-electron chi connectivity index (χ1n) is 9.05. The standard InChI is InChI=1S/C22H16ClN3O3S/c23-17-10-4-5-11-18(17)24-20(27)14-26-21(28)19(30-22(26)29)13-16-9-6-12-25(16)15-7-2-1-3-8-15/h1-13H,14H2,(H,24,27)/b19-13+. The first-order valence-corrected chi connectivity index (χ1v) is 10.2. The van der Waals surface area contributed by atoms with Gasteiger partial charge in [0.15, 0.2) is 0 Å². The van der Waals surface area contributed by atoms with Crippen molar-refractivity contribution in [1.82, 2.24) is 9.47 Å². The smallest absolute Gasteiger partial charge is 0.294 e. The number of anilines is 1. The lowest BCUT2D eigenvalue weighted by molar-refractivity contribution is -0.127. The van der Waals surface area contributed by atoms with Crippen molar-refractivity contribution in [3.8, 4) is 5.69 Å². The van der Waals surface area contributed by atoms with Crippen LogP contribution in [0.1, 0.15) is 5.69 Å². The highest BCUT2D eigenvalue weighted by Gasteiger charge is 2.36. The second-order valence-electron chi connectivity index (χ2n) is 6.43. The van der Waals surface area contributed by atoms with Gasteiger partial charge in [-0.05, 0) is 54.2 Å². The SMILES string of the molecule is O=C(CN1C(=O)S/C(=C/c2cccn2-c2ccccc2)C1=O)Nc1ccccc1Cl. The topological polar surface area (TPSA) is 71.4 Å². The van der Waals surface area contributed by atoms with Crippen molar-refractivity contribution in [2.45, 2.75) is 0 Å². The normalized spacial score (nSPS) is 15.1. The van der Waals surface area contributed by atoms with Gasteiger partial charge in [-0.3, -0.25) is 19.3 Å². The quantitative estimate of drug-likeness (QED) is 0.581. The molecule has 3 amide bonds. The molecule has 8 heteroatoms. The molecule has 0 bridgehead atoms. The molecule has 0 aliphatic carbocycles. The summed E-state index contributed by atoms with van der Waals surface area (Å²) >= 11 is 6.85. The summed E-state index contributed by atoms with van der Waals surface area (Å²) in [7, 11) is 0. The Hall–Kier alpha value is -3.29. The van der Waals surface area contributed by atoms with Crippen LogP contribution in [0.4, 0.5) is 10.5 Å². The van der Waals surface area contributed by atoms with Crippen LogP contribution in [0.5, 0.6) is 0 Å². The number of carbonyl (C=O) groups is 3. The summed E-state index contributed by atoms with van der Waals surface area (Å²) in [6.45, 7) is -0.382. The average molecular weight is 438 g/mol. The number of imide groups is 1. The monoisotopic (exact) mass is 437 g/mol. The fourth-order valence-electron chi connectivity index (χ4n) is 3.00. The van der Waals surface area contributed by atoms with E-state index in [9.17, 15) is 14.4 Å². The number of carbonyl (C=O) groups excluding carboxylic acids is 3. The Kier molecular flexibility index (Phi) is 5.74. The zero-order chi connectivity index (χ0) is 21.1. The maximum Gasteiger partial charge on any atom is 0.294 e. The molecular formula is C22H16ClN3O3S. The first kappa shape index (κ1) is 20.0. The van der Waals surface area contributed by atoms with Crippen LogP contribution in [0.25, 0.3) is 11.8 Å². The maximum absolute atomic E-state index is 12.7. The molecule has 4 rings (SSSR count). The van der Waals surface area contributed by atoms with Gasteiger partial charge in [0.05, 0.1) is 15.6 Å². The molecule has 1 aliphatic rings. The van der Waals surface area contributed by atoms with Crippen LogP contribution < -0.4 is 5.32 Å². The minimum absolute atomic E-state index is 0.265. The highest BCUT2D eigenvalue weighted by Crippen LogP contribution is 2.32. The predicted molar refractivity (Wildman–Crippen MR) is 119 cm³/mol. The van der Waals surface area contributed by atoms with E-state index in [1.54, 1.807) is 30.3 Å². The molecule has 0 unspecified atom stereocenters. The van der Waals surface area contributed by atoms with E-state index in [-0.39, 0.29) is 11.4 Å². The molecule has 30 heavy (non-hydrogen) atoms. The predicted octanol–water partition coefficient (Wildman–Crippen LogP) is 4.81. The molecule has 1 saturated heterocycles. The zero-order valence-electron chi connectivity index (χ0n) is 15.6. The molecule has 2 aromatic carbocycles. The van der Waals surface area contributed by atoms with Gasteiger partial charge in [-0.2, -0.15) is 0 Å². The van der Waals surface area contributed by atoms with Gasteiger partial charge in [0.2, 0.25) is 5.91 Å². The van der Waals surface area contributed by atoms with Gasteiger partial charge < -0.3 is 9.88 Å². The number of hydrogen-bond acceptors (Lipinski definition) is 4. The lowest BCUT2D eigenvalue weighted by Crippen LogP contribution is -2.36. The number of aromatic nitrogens is 1. The Labute approximate surface area is 182 Å². The third kappa shape index (κ3) is 4.17. The maximum atomic E-state index is 12.7. The number of hydrogen-bond donors (Lipinski definition) is 1. The average Bonchev–Trinajstić information content (AvgIpc) is 3.31. The van der Waals surface area contributed by atoms with Crippen molar-refractivity contribution in [2.75, 3.05) is 11.9 Å². The highest BCUT2D eigenvalue weighted by molar-refractivity contribution is 8.18. The minimum Gasteiger partial charge on any atom is -0.323 e. The van der Waals surface area contributed by atoms with Crippen LogP contribution in [0.2, 0.25) is 5.02 Å². The van der Waals surface area contributed by atoms with Crippen LogP contribution in [0, 0.1) is 0 Å². The molecule has 1 N–H and O–H groups in total. The fraction of sp³-hybridized carbons (Fsp3) is 0.0455. The van der Waals surface area contributed by atoms with Gasteiger partial charge in [0.1, 0.15) is 6.54 Å². The van der Waals surface area contributed by atoms with E-state index < -0.39 is 17.1 Å². The van der Waals surface area contributed by atoms with E-state index in [0.717, 1.165) is 28.0 Å². The summed E-state index contributed by atoms with van der Waals surface area (Å²) in [6.07, 6.45) is 3.53. The van der Waals surface area contributed by atoms with E-state index in [1.807, 2.05) is 53.2 Å². The van der Waals surface area contributed by atoms with Crippen LogP contribution in [-0.2, 0) is 9.59 Å². The molecule has 0 spiro atoms. The second-order valence-corrected chi connectivity index (χ2v) is 7.83. The van der Waals surface area contributed by atoms with Crippen LogP contribution in [0.3, 0.4) is 0 Å². The molecule has 1 aliphatic heterocycles. The first-order chi connectivity index (χ1) is 14.5. The van der Waals surface area contributed by atoms with Gasteiger partial charge >= 0.3 is 0 Å². The molecule has 3 aromatic rings. The van der Waals surface area contributed by atoms with Gasteiger partial charge in [0, 0.05) is 17.6 Å². The number of benzene rings is 2. The summed E-state index contributed by atoms with van der Waals surface area (Å²) in [5.41, 5.74) is 2.12. The molecular weight excluding hydrogens is 422 g/mol. The van der Waals surface area contributed by atoms with E-state index >= 15 is 0 Å². The van der Waals surface area contributed by atoms with Crippen LogP contribution in [0.15, 0.2) is 77.8 Å². The number of nitrogens with one attached hydrogen (secondary N) is 1. The fourth-order valence-corrected chi connectivity index (χ4v) is 4.01. The van der Waals surface area contributed by atoms with Crippen molar-refractivity contribution in [3.63, 3.8) is 0 Å². The van der Waals surface area contributed by atoms with E-state index in [0.29, 0.717) is 10.7 Å². The summed E-state index contributed by atoms with van der Waals surface area (Å²) in [5.74, 6) is -1.00. The number of para-hydroxylation sites is 2. The van der Waals surface area contributed by atoms with Gasteiger partial charge in [0.25, 0.3) is 11.1 Å². The van der Waals surface area contributed by atoms with Crippen molar-refractivity contribution in [2.24, 2.45) is 0 Å². The van der Waals surface area contributed by atoms with E-state index in [4.69, 9.17) is 11.6 Å². The summed E-state index contributed by atoms with van der Waals surface area (Å²) < 4.78 is 1.91. The number of amides is 3. The third-order valence-corrected chi connectivity index (χ3v) is 5.65. The van der Waals surface area contributed by atoms with Gasteiger partial charge in [-0.1, -0.05) is 41.9 Å². The Balaban J connectivity index is 1.50. The molecule has 1 aromatic heterocycles. The Morgan fingerprint density at radius 3 is 2.50 bits per heavy atom. The van der Waals surface area contributed by atoms with Crippen LogP contribution in [-0.4, -0.2) is 33.1 Å². The van der Waals surface area contributed by atoms with Gasteiger partial charge in [-0.25, -0.2) is 0 Å². The number of thioether (sulfide) groups is 1. The van der Waals surface area contributed by atoms with E-state index in [1.165, 1.54) is 0 Å². The van der Waals surface area contributed by atoms with Crippen molar-refractivity contribution in [1.29, 1.82) is 0 Å². The van der Waals surface area contributed by atoms with Crippen molar-refractivity contribution < 1.29 is 14.4 Å². The summed E-state index contributed by atoms with van der Waals surface area (Å²) in [4.78, 5) is 38.6. The lowest BCUT2D eigenvalue weighted by atomic mass is 10.3. The molecule has 6 nitrogen and oxygen atoms in total. The molecule has 0 atom stereocenters. The van der Waals surface area contributed by atoms with Gasteiger partial charge in [-0.15, -0.1) is 0 Å². The number of rotatable bonds is 5. The summed E-state index contributed by atoms with van der Waals surface area (Å²) in [6, 6.07) is 20.1. The lowest BCUT2D eigenvalue weighted by Gasteiger charge is -2.13. The van der Waals surface area contributed by atoms with Crippen LogP contribution >= 0.6 is 23.4 Å². The van der Waals surface area contributed by atoms with Crippen molar-refractivity contribution >= 4 is 52.2 Å². The molecule has 2 heterocycles. The Morgan fingerprint density at radius 2 is 1.73 bits per heavy atom. The molecule has 1 fully saturated rings. The Morgan fingerprint density at radius 1 is 1.00 bits per heavy atom. The molecule has 150 valence electrons. The molecule has 0 radical (unpaired) electrons. The van der Waals surface area contributed by atoms with E-state index in [2.05, 4.69) is 5.32 Å². The third-order valence-electron chi connectivity index (χ3n) is 4.42.